The van der Waals surface area contributed by atoms with E-state index in [4.69, 9.17) is 4.74 Å². The fourth-order valence-corrected chi connectivity index (χ4v) is 6.26. The molecule has 1 fully saturated rings. The van der Waals surface area contributed by atoms with Gasteiger partial charge in [0.15, 0.2) is 0 Å². The van der Waals surface area contributed by atoms with Crippen molar-refractivity contribution in [2.45, 2.75) is 22.1 Å². The van der Waals surface area contributed by atoms with E-state index in [1.54, 1.807) is 58.9 Å². The molecule has 10 heteroatoms. The molecule has 2 heterocycles. The van der Waals surface area contributed by atoms with Crippen LogP contribution in [0.5, 0.6) is 0 Å². The summed E-state index contributed by atoms with van der Waals surface area (Å²) in [6.07, 6.45) is 0. The molecular weight excluding hydrogens is 466 g/mol. The molecule has 1 saturated heterocycles. The molecule has 0 spiro atoms. The Kier molecular flexibility index (Phi) is 7.59. The van der Waals surface area contributed by atoms with Gasteiger partial charge < -0.3 is 10.1 Å². The second-order valence-corrected chi connectivity index (χ2v) is 10.8. The van der Waals surface area contributed by atoms with Crippen molar-refractivity contribution in [1.82, 2.24) is 14.6 Å². The molecule has 3 aromatic rings. The SMILES string of the molecule is O=C(NCc1ccc(S(=O)(=O)N2CCOCC2)cc1)c1ccccc1SCc1cscn1. The Morgan fingerprint density at radius 3 is 2.59 bits per heavy atom. The second kappa shape index (κ2) is 10.6. The van der Waals surface area contributed by atoms with Crippen LogP contribution in [0.15, 0.2) is 69.2 Å². The summed E-state index contributed by atoms with van der Waals surface area (Å²) < 4.78 is 32.1. The lowest BCUT2D eigenvalue weighted by Gasteiger charge is -2.26. The molecule has 1 aliphatic rings. The third kappa shape index (κ3) is 5.57. The number of hydrogen-bond acceptors (Lipinski definition) is 7. The fraction of sp³-hybridized carbons (Fsp3) is 0.273. The minimum absolute atomic E-state index is 0.170. The van der Waals surface area contributed by atoms with E-state index >= 15 is 0 Å². The summed E-state index contributed by atoms with van der Waals surface area (Å²) in [6.45, 7) is 1.85. The maximum atomic E-state index is 12.8. The van der Waals surface area contributed by atoms with Crippen LogP contribution in [-0.4, -0.2) is 49.9 Å². The van der Waals surface area contributed by atoms with E-state index in [0.29, 0.717) is 44.2 Å². The minimum atomic E-state index is -3.52. The summed E-state index contributed by atoms with van der Waals surface area (Å²) in [7, 11) is -3.52. The molecule has 0 bridgehead atoms. The summed E-state index contributed by atoms with van der Waals surface area (Å²) in [5.74, 6) is 0.531. The molecule has 32 heavy (non-hydrogen) atoms. The number of hydrogen-bond donors (Lipinski definition) is 1. The zero-order valence-corrected chi connectivity index (χ0v) is 19.7. The third-order valence-electron chi connectivity index (χ3n) is 4.97. The van der Waals surface area contributed by atoms with Gasteiger partial charge in [0.25, 0.3) is 5.91 Å². The molecule has 1 amide bonds. The lowest BCUT2D eigenvalue weighted by atomic mass is 10.2. The molecular formula is C22H23N3O4S3. The van der Waals surface area contributed by atoms with Crippen LogP contribution in [0.2, 0.25) is 0 Å². The maximum absolute atomic E-state index is 12.8. The number of nitrogens with zero attached hydrogens (tertiary/aromatic N) is 2. The molecule has 7 nitrogen and oxygen atoms in total. The first kappa shape index (κ1) is 22.9. The van der Waals surface area contributed by atoms with Gasteiger partial charge in [-0.3, -0.25) is 4.79 Å². The largest absolute Gasteiger partial charge is 0.379 e. The van der Waals surface area contributed by atoms with Gasteiger partial charge in [-0.2, -0.15) is 4.31 Å². The predicted octanol–water partition coefficient (Wildman–Crippen LogP) is 3.39. The first-order valence-corrected chi connectivity index (χ1v) is 13.4. The predicted molar refractivity (Wildman–Crippen MR) is 125 cm³/mol. The summed E-state index contributed by atoms with van der Waals surface area (Å²) in [5.41, 5.74) is 4.22. The highest BCUT2D eigenvalue weighted by molar-refractivity contribution is 7.98. The monoisotopic (exact) mass is 489 g/mol. The first-order valence-electron chi connectivity index (χ1n) is 10.1. The van der Waals surface area contributed by atoms with E-state index in [-0.39, 0.29) is 10.8 Å². The molecule has 1 N–H and O–H groups in total. The smallest absolute Gasteiger partial charge is 0.252 e. The van der Waals surface area contributed by atoms with Crippen LogP contribution in [0.25, 0.3) is 0 Å². The van der Waals surface area contributed by atoms with Crippen LogP contribution < -0.4 is 5.32 Å². The number of thioether (sulfide) groups is 1. The number of carbonyl (C=O) groups excluding carboxylic acids is 1. The summed E-state index contributed by atoms with van der Waals surface area (Å²) in [4.78, 5) is 18.2. The standard InChI is InChI=1S/C22H23N3O4S3/c26-22(20-3-1-2-4-21(20)31-15-18-14-30-16-24-18)23-13-17-5-7-19(8-6-17)32(27,28)25-9-11-29-12-10-25/h1-8,14,16H,9-13,15H2,(H,23,26). The van der Waals surface area contributed by atoms with Gasteiger partial charge >= 0.3 is 0 Å². The van der Waals surface area contributed by atoms with Gasteiger partial charge in [0.1, 0.15) is 0 Å². The van der Waals surface area contributed by atoms with E-state index in [9.17, 15) is 13.2 Å². The molecule has 0 atom stereocenters. The second-order valence-electron chi connectivity index (χ2n) is 7.11. The van der Waals surface area contributed by atoms with E-state index in [1.807, 2.05) is 23.6 Å². The third-order valence-corrected chi connectivity index (χ3v) is 8.63. The van der Waals surface area contributed by atoms with Crippen molar-refractivity contribution in [3.8, 4) is 0 Å². The Morgan fingerprint density at radius 2 is 1.88 bits per heavy atom. The van der Waals surface area contributed by atoms with Crippen molar-refractivity contribution in [3.63, 3.8) is 0 Å². The fourth-order valence-electron chi connectivity index (χ4n) is 3.23. The maximum Gasteiger partial charge on any atom is 0.252 e. The van der Waals surface area contributed by atoms with Gasteiger partial charge in [-0.1, -0.05) is 24.3 Å². The average molecular weight is 490 g/mol. The van der Waals surface area contributed by atoms with Crippen molar-refractivity contribution in [3.05, 3.63) is 76.2 Å². The van der Waals surface area contributed by atoms with Crippen molar-refractivity contribution < 1.29 is 17.9 Å². The number of benzene rings is 2. The van der Waals surface area contributed by atoms with Crippen molar-refractivity contribution >= 4 is 39.0 Å². The number of sulfonamides is 1. The number of morpholine rings is 1. The Labute approximate surface area is 195 Å². The Morgan fingerprint density at radius 1 is 1.12 bits per heavy atom. The number of thiazole rings is 1. The zero-order chi connectivity index (χ0) is 22.4. The van der Waals surface area contributed by atoms with E-state index < -0.39 is 10.0 Å². The number of carbonyl (C=O) groups is 1. The number of amides is 1. The lowest BCUT2D eigenvalue weighted by molar-refractivity contribution is 0.0730. The number of rotatable bonds is 8. The van der Waals surface area contributed by atoms with E-state index in [2.05, 4.69) is 10.3 Å². The van der Waals surface area contributed by atoms with Crippen molar-refractivity contribution in [1.29, 1.82) is 0 Å². The highest BCUT2D eigenvalue weighted by Crippen LogP contribution is 2.26. The zero-order valence-electron chi connectivity index (χ0n) is 17.3. The number of aromatic nitrogens is 1. The van der Waals surface area contributed by atoms with Crippen LogP contribution in [0.3, 0.4) is 0 Å². The normalized spacial score (nSPS) is 14.9. The Balaban J connectivity index is 1.37. The molecule has 0 saturated carbocycles. The molecule has 168 valence electrons. The lowest BCUT2D eigenvalue weighted by Crippen LogP contribution is -2.40. The van der Waals surface area contributed by atoms with Gasteiger partial charge in [0.2, 0.25) is 10.0 Å². The average Bonchev–Trinajstić information content (AvgIpc) is 3.36. The van der Waals surface area contributed by atoms with Crippen LogP contribution in [0.4, 0.5) is 0 Å². The van der Waals surface area contributed by atoms with Crippen LogP contribution >= 0.6 is 23.1 Å². The topological polar surface area (TPSA) is 88.6 Å². The molecule has 0 radical (unpaired) electrons. The first-order chi connectivity index (χ1) is 15.5. The molecule has 0 unspecified atom stereocenters. The minimum Gasteiger partial charge on any atom is -0.379 e. The van der Waals surface area contributed by atoms with Gasteiger partial charge in [-0.15, -0.1) is 23.1 Å². The highest BCUT2D eigenvalue weighted by Gasteiger charge is 2.26. The van der Waals surface area contributed by atoms with Crippen molar-refractivity contribution in [2.24, 2.45) is 0 Å². The molecule has 2 aromatic carbocycles. The van der Waals surface area contributed by atoms with Crippen molar-refractivity contribution in [2.75, 3.05) is 26.3 Å². The van der Waals surface area contributed by atoms with Crippen LogP contribution in [0, 0.1) is 0 Å². The molecule has 4 rings (SSSR count). The quantitative estimate of drug-likeness (QED) is 0.488. The summed E-state index contributed by atoms with van der Waals surface area (Å²) in [5, 5.41) is 4.93. The van der Waals surface area contributed by atoms with E-state index in [1.165, 1.54) is 4.31 Å². The van der Waals surface area contributed by atoms with Gasteiger partial charge in [0, 0.05) is 35.7 Å². The molecule has 1 aromatic heterocycles. The Bertz CT molecular complexity index is 1140. The summed E-state index contributed by atoms with van der Waals surface area (Å²) >= 11 is 3.13. The van der Waals surface area contributed by atoms with Gasteiger partial charge in [-0.25, -0.2) is 13.4 Å². The van der Waals surface area contributed by atoms with Crippen LogP contribution in [-0.2, 0) is 27.1 Å². The molecule has 1 aliphatic heterocycles. The van der Waals surface area contributed by atoms with Gasteiger partial charge in [-0.05, 0) is 29.8 Å². The Hall–Kier alpha value is -2.24. The number of nitrogens with one attached hydrogen (secondary N) is 1. The number of ether oxygens (including phenoxy) is 1. The van der Waals surface area contributed by atoms with E-state index in [0.717, 1.165) is 16.2 Å². The summed E-state index contributed by atoms with van der Waals surface area (Å²) in [6, 6.07) is 14.1. The van der Waals surface area contributed by atoms with Gasteiger partial charge in [0.05, 0.1) is 34.9 Å². The highest BCUT2D eigenvalue weighted by atomic mass is 32.2. The van der Waals surface area contributed by atoms with Crippen LogP contribution in [0.1, 0.15) is 21.6 Å². The molecule has 0 aliphatic carbocycles.